The fourth-order valence-electron chi connectivity index (χ4n) is 3.98. The van der Waals surface area contributed by atoms with Gasteiger partial charge in [0.25, 0.3) is 0 Å². The Morgan fingerprint density at radius 2 is 1.76 bits per heavy atom. The van der Waals surface area contributed by atoms with Gasteiger partial charge in [0.15, 0.2) is 0 Å². The molecular formula is C28H28Cl2N4O3. The van der Waals surface area contributed by atoms with Crippen molar-refractivity contribution in [2.75, 3.05) is 0 Å². The summed E-state index contributed by atoms with van der Waals surface area (Å²) in [5.74, 6) is -0.0476. The van der Waals surface area contributed by atoms with Crippen LogP contribution < -0.4 is 10.1 Å². The van der Waals surface area contributed by atoms with E-state index in [-0.39, 0.29) is 18.1 Å². The molecule has 4 aromatic rings. The van der Waals surface area contributed by atoms with Gasteiger partial charge in [-0.15, -0.1) is 5.10 Å². The molecule has 9 heteroatoms. The van der Waals surface area contributed by atoms with Crippen LogP contribution in [0.5, 0.6) is 5.75 Å². The van der Waals surface area contributed by atoms with E-state index in [1.807, 2.05) is 37.3 Å². The van der Waals surface area contributed by atoms with Gasteiger partial charge in [-0.3, -0.25) is 0 Å². The maximum Gasteiger partial charge on any atom is 0.335 e. The number of ether oxygens (including phenoxy) is 1. The second-order valence-electron chi connectivity index (χ2n) is 9.04. The van der Waals surface area contributed by atoms with Gasteiger partial charge in [0.05, 0.1) is 21.3 Å². The van der Waals surface area contributed by atoms with Crippen molar-refractivity contribution < 1.29 is 14.6 Å². The number of aromatic nitrogens is 3. The standard InChI is InChI=1S/C28H28Cl2N4O3/c1-17(2)26-25(34(33-32-26)27-23(29)5-4-6-24(27)30)16-37-22-12-11-21(18(3)13-22)15-31-14-19-7-9-20(10-8-19)28(35)36/h4-13,17,31H,14-16H2,1-3H3,(H,35,36). The predicted molar refractivity (Wildman–Crippen MR) is 145 cm³/mol. The zero-order chi connectivity index (χ0) is 26.5. The van der Waals surface area contributed by atoms with Gasteiger partial charge in [-0.25, -0.2) is 9.48 Å². The van der Waals surface area contributed by atoms with Crippen LogP contribution >= 0.6 is 23.2 Å². The SMILES string of the molecule is Cc1cc(OCc2c(C(C)C)nnn2-c2c(Cl)cccc2Cl)ccc1CNCc1ccc(C(=O)O)cc1. The van der Waals surface area contributed by atoms with E-state index in [9.17, 15) is 4.79 Å². The van der Waals surface area contributed by atoms with Gasteiger partial charge in [0, 0.05) is 13.1 Å². The molecule has 0 radical (unpaired) electrons. The van der Waals surface area contributed by atoms with Crippen molar-refractivity contribution in [2.45, 2.75) is 46.4 Å². The molecule has 0 atom stereocenters. The Balaban J connectivity index is 1.43. The van der Waals surface area contributed by atoms with Crippen molar-refractivity contribution in [2.24, 2.45) is 0 Å². The maximum absolute atomic E-state index is 11.0. The molecule has 0 spiro atoms. The summed E-state index contributed by atoms with van der Waals surface area (Å²) in [5, 5.41) is 22.1. The van der Waals surface area contributed by atoms with Crippen LogP contribution in [-0.4, -0.2) is 26.1 Å². The molecule has 0 aliphatic heterocycles. The lowest BCUT2D eigenvalue weighted by molar-refractivity contribution is 0.0697. The van der Waals surface area contributed by atoms with Crippen LogP contribution in [-0.2, 0) is 19.7 Å². The summed E-state index contributed by atoms with van der Waals surface area (Å²) in [6.07, 6.45) is 0. The molecule has 0 saturated carbocycles. The molecule has 1 heterocycles. The highest BCUT2D eigenvalue weighted by atomic mass is 35.5. The molecule has 0 aliphatic rings. The second-order valence-corrected chi connectivity index (χ2v) is 9.86. The Morgan fingerprint density at radius 1 is 1.05 bits per heavy atom. The quantitative estimate of drug-likeness (QED) is 0.237. The van der Waals surface area contributed by atoms with Crippen LogP contribution in [0.25, 0.3) is 5.69 Å². The van der Waals surface area contributed by atoms with E-state index in [2.05, 4.69) is 29.5 Å². The summed E-state index contributed by atoms with van der Waals surface area (Å²) >= 11 is 12.9. The van der Waals surface area contributed by atoms with Crippen LogP contribution in [0.4, 0.5) is 0 Å². The van der Waals surface area contributed by atoms with Crippen LogP contribution in [0.3, 0.4) is 0 Å². The summed E-state index contributed by atoms with van der Waals surface area (Å²) in [6, 6.07) is 18.2. The van der Waals surface area contributed by atoms with Gasteiger partial charge in [-0.2, -0.15) is 0 Å². The lowest BCUT2D eigenvalue weighted by atomic mass is 10.1. The van der Waals surface area contributed by atoms with Crippen LogP contribution in [0.2, 0.25) is 10.0 Å². The Labute approximate surface area is 226 Å². The number of para-hydroxylation sites is 1. The average molecular weight is 539 g/mol. The summed E-state index contributed by atoms with van der Waals surface area (Å²) in [4.78, 5) is 11.0. The molecule has 4 rings (SSSR count). The summed E-state index contributed by atoms with van der Waals surface area (Å²) < 4.78 is 7.83. The fraction of sp³-hybridized carbons (Fsp3) is 0.250. The molecule has 3 aromatic carbocycles. The molecule has 192 valence electrons. The Kier molecular flexibility index (Phi) is 8.48. The zero-order valence-corrected chi connectivity index (χ0v) is 22.3. The van der Waals surface area contributed by atoms with Crippen LogP contribution in [0.1, 0.15) is 58.2 Å². The largest absolute Gasteiger partial charge is 0.487 e. The second kappa shape index (κ2) is 11.8. The molecule has 0 bridgehead atoms. The predicted octanol–water partition coefficient (Wildman–Crippen LogP) is 6.57. The highest BCUT2D eigenvalue weighted by molar-refractivity contribution is 6.37. The van der Waals surface area contributed by atoms with E-state index in [0.717, 1.165) is 33.8 Å². The van der Waals surface area contributed by atoms with E-state index >= 15 is 0 Å². The minimum Gasteiger partial charge on any atom is -0.487 e. The molecular weight excluding hydrogens is 511 g/mol. The van der Waals surface area contributed by atoms with E-state index in [0.29, 0.717) is 28.8 Å². The summed E-state index contributed by atoms with van der Waals surface area (Å²) in [7, 11) is 0. The lowest BCUT2D eigenvalue weighted by Crippen LogP contribution is -2.14. The molecule has 1 aromatic heterocycles. The number of rotatable bonds is 10. The number of hydrogen-bond acceptors (Lipinski definition) is 5. The minimum atomic E-state index is -0.925. The number of aromatic carboxylic acids is 1. The smallest absolute Gasteiger partial charge is 0.335 e. The van der Waals surface area contributed by atoms with Gasteiger partial charge in [-0.05, 0) is 65.9 Å². The van der Waals surface area contributed by atoms with Crippen molar-refractivity contribution in [1.29, 1.82) is 0 Å². The van der Waals surface area contributed by atoms with Crippen molar-refractivity contribution in [3.63, 3.8) is 0 Å². The number of nitrogens with zero attached hydrogens (tertiary/aromatic N) is 3. The number of carboxylic acids is 1. The molecule has 0 aliphatic carbocycles. The molecule has 2 N–H and O–H groups in total. The van der Waals surface area contributed by atoms with Crippen molar-refractivity contribution in [3.8, 4) is 11.4 Å². The number of nitrogens with one attached hydrogen (secondary N) is 1. The first-order valence-electron chi connectivity index (χ1n) is 11.9. The average Bonchev–Trinajstić information content (AvgIpc) is 3.28. The number of benzene rings is 3. The van der Waals surface area contributed by atoms with E-state index in [4.69, 9.17) is 33.0 Å². The van der Waals surface area contributed by atoms with Gasteiger partial charge >= 0.3 is 5.97 Å². The molecule has 7 nitrogen and oxygen atoms in total. The normalized spacial score (nSPS) is 11.2. The number of carbonyl (C=O) groups is 1. The van der Waals surface area contributed by atoms with E-state index in [1.165, 1.54) is 0 Å². The number of halogens is 2. The highest BCUT2D eigenvalue weighted by Gasteiger charge is 2.21. The minimum absolute atomic E-state index is 0.143. The van der Waals surface area contributed by atoms with Gasteiger partial charge in [0.1, 0.15) is 23.7 Å². The van der Waals surface area contributed by atoms with E-state index in [1.54, 1.807) is 35.0 Å². The fourth-order valence-corrected chi connectivity index (χ4v) is 4.54. The molecule has 0 fully saturated rings. The third-order valence-electron chi connectivity index (χ3n) is 6.02. The Morgan fingerprint density at radius 3 is 2.38 bits per heavy atom. The third-order valence-corrected chi connectivity index (χ3v) is 6.63. The van der Waals surface area contributed by atoms with E-state index < -0.39 is 5.97 Å². The molecule has 0 unspecified atom stereocenters. The summed E-state index contributed by atoms with van der Waals surface area (Å²) in [6.45, 7) is 7.71. The number of carboxylic acid groups (broad SMARTS) is 1. The Hall–Kier alpha value is -3.39. The van der Waals surface area contributed by atoms with Gasteiger partial charge < -0.3 is 15.2 Å². The van der Waals surface area contributed by atoms with Crippen LogP contribution in [0.15, 0.2) is 60.7 Å². The third kappa shape index (κ3) is 6.31. The van der Waals surface area contributed by atoms with Crippen molar-refractivity contribution in [3.05, 3.63) is 104 Å². The number of hydrogen-bond donors (Lipinski definition) is 2. The Bertz CT molecular complexity index is 1380. The van der Waals surface area contributed by atoms with Gasteiger partial charge in [-0.1, -0.05) is 66.5 Å². The van der Waals surface area contributed by atoms with Crippen LogP contribution in [0, 0.1) is 6.92 Å². The first kappa shape index (κ1) is 26.7. The first-order chi connectivity index (χ1) is 17.7. The number of aryl methyl sites for hydroxylation is 1. The van der Waals surface area contributed by atoms with Crippen molar-refractivity contribution >= 4 is 29.2 Å². The molecule has 37 heavy (non-hydrogen) atoms. The zero-order valence-electron chi connectivity index (χ0n) is 20.8. The lowest BCUT2D eigenvalue weighted by Gasteiger charge is -2.14. The van der Waals surface area contributed by atoms with Crippen molar-refractivity contribution in [1.82, 2.24) is 20.3 Å². The molecule has 0 amide bonds. The first-order valence-corrected chi connectivity index (χ1v) is 12.6. The molecule has 0 saturated heterocycles. The highest BCUT2D eigenvalue weighted by Crippen LogP contribution is 2.31. The maximum atomic E-state index is 11.0. The monoisotopic (exact) mass is 538 g/mol. The summed E-state index contributed by atoms with van der Waals surface area (Å²) in [5.41, 5.74) is 5.74. The topological polar surface area (TPSA) is 89.3 Å². The van der Waals surface area contributed by atoms with Gasteiger partial charge in [0.2, 0.25) is 0 Å².